The first-order valence-corrected chi connectivity index (χ1v) is 5.92. The van der Waals surface area contributed by atoms with Crippen molar-refractivity contribution in [3.8, 4) is 0 Å². The van der Waals surface area contributed by atoms with Crippen LogP contribution in [0.2, 0.25) is 0 Å². The fraction of sp³-hybridized carbons (Fsp3) is 1.00. The molecule has 1 aliphatic rings. The van der Waals surface area contributed by atoms with Gasteiger partial charge in [0.15, 0.2) is 0 Å². The molecule has 1 saturated heterocycles. The normalized spacial score (nSPS) is 30.6. The van der Waals surface area contributed by atoms with Crippen LogP contribution in [-0.4, -0.2) is 30.6 Å². The Morgan fingerprint density at radius 3 is 2.57 bits per heavy atom. The van der Waals surface area contributed by atoms with Crippen molar-refractivity contribution in [1.29, 1.82) is 0 Å². The zero-order chi connectivity index (χ0) is 10.8. The van der Waals surface area contributed by atoms with Crippen molar-refractivity contribution in [2.75, 3.05) is 19.6 Å². The van der Waals surface area contributed by atoms with Crippen molar-refractivity contribution in [3.63, 3.8) is 0 Å². The minimum Gasteiger partial charge on any atom is -0.327 e. The topological polar surface area (TPSA) is 29.3 Å². The first-order valence-electron chi connectivity index (χ1n) is 5.92. The number of hydrogen-bond donors (Lipinski definition) is 1. The van der Waals surface area contributed by atoms with E-state index in [0.717, 1.165) is 0 Å². The van der Waals surface area contributed by atoms with Gasteiger partial charge in [-0.1, -0.05) is 27.7 Å². The Morgan fingerprint density at radius 2 is 2.07 bits per heavy atom. The summed E-state index contributed by atoms with van der Waals surface area (Å²) in [4.78, 5) is 2.58. The minimum atomic E-state index is 0.427. The van der Waals surface area contributed by atoms with Crippen LogP contribution >= 0.6 is 0 Å². The third-order valence-electron chi connectivity index (χ3n) is 3.66. The Kier molecular flexibility index (Phi) is 3.96. The summed E-state index contributed by atoms with van der Waals surface area (Å²) < 4.78 is 0. The second kappa shape index (κ2) is 4.63. The van der Waals surface area contributed by atoms with E-state index < -0.39 is 0 Å². The van der Waals surface area contributed by atoms with Crippen LogP contribution < -0.4 is 5.73 Å². The summed E-state index contributed by atoms with van der Waals surface area (Å²) in [5, 5.41) is 0. The molecule has 0 spiro atoms. The molecule has 0 aromatic heterocycles. The van der Waals surface area contributed by atoms with Gasteiger partial charge in [-0.15, -0.1) is 0 Å². The molecular formula is C12H26N2. The van der Waals surface area contributed by atoms with Gasteiger partial charge in [-0.3, -0.25) is 0 Å². The van der Waals surface area contributed by atoms with Gasteiger partial charge >= 0.3 is 0 Å². The van der Waals surface area contributed by atoms with Crippen molar-refractivity contribution < 1.29 is 0 Å². The zero-order valence-corrected chi connectivity index (χ0v) is 10.2. The smallest absolute Gasteiger partial charge is 0.00889 e. The Labute approximate surface area is 88.8 Å². The molecule has 2 atom stereocenters. The van der Waals surface area contributed by atoms with Gasteiger partial charge in [-0.2, -0.15) is 0 Å². The number of nitrogens with two attached hydrogens (primary N) is 1. The summed E-state index contributed by atoms with van der Waals surface area (Å²) in [5.74, 6) is 0.663. The molecule has 0 saturated carbocycles. The highest BCUT2D eigenvalue weighted by molar-refractivity contribution is 4.82. The molecule has 2 heteroatoms. The molecule has 1 rings (SSSR count). The number of piperidine rings is 1. The standard InChI is InChI=1S/C12H26N2/c1-5-12(3,4)9-14-7-6-11(13)10(2)8-14/h10-11H,5-9,13H2,1-4H3. The molecule has 1 heterocycles. The van der Waals surface area contributed by atoms with E-state index in [-0.39, 0.29) is 0 Å². The van der Waals surface area contributed by atoms with Gasteiger partial charge in [0.1, 0.15) is 0 Å². The van der Waals surface area contributed by atoms with E-state index in [1.54, 1.807) is 0 Å². The molecule has 2 unspecified atom stereocenters. The lowest BCUT2D eigenvalue weighted by atomic mass is 9.87. The highest BCUT2D eigenvalue weighted by Gasteiger charge is 2.26. The average Bonchev–Trinajstić information content (AvgIpc) is 2.11. The van der Waals surface area contributed by atoms with E-state index in [1.807, 2.05) is 0 Å². The third kappa shape index (κ3) is 3.25. The molecule has 1 fully saturated rings. The summed E-state index contributed by atoms with van der Waals surface area (Å²) in [6.45, 7) is 12.9. The largest absolute Gasteiger partial charge is 0.327 e. The van der Waals surface area contributed by atoms with E-state index in [4.69, 9.17) is 5.73 Å². The van der Waals surface area contributed by atoms with Crippen LogP contribution in [-0.2, 0) is 0 Å². The minimum absolute atomic E-state index is 0.427. The SMILES string of the molecule is CCC(C)(C)CN1CCC(N)C(C)C1. The molecule has 0 aromatic rings. The zero-order valence-electron chi connectivity index (χ0n) is 10.2. The van der Waals surface area contributed by atoms with Crippen LogP contribution in [0.3, 0.4) is 0 Å². The maximum absolute atomic E-state index is 6.01. The lowest BCUT2D eigenvalue weighted by Crippen LogP contribution is -2.48. The van der Waals surface area contributed by atoms with Crippen LogP contribution in [0.25, 0.3) is 0 Å². The average molecular weight is 198 g/mol. The fourth-order valence-electron chi connectivity index (χ4n) is 2.11. The molecule has 0 bridgehead atoms. The monoisotopic (exact) mass is 198 g/mol. The Bertz CT molecular complexity index is 177. The van der Waals surface area contributed by atoms with E-state index in [9.17, 15) is 0 Å². The maximum Gasteiger partial charge on any atom is 0.00889 e. The van der Waals surface area contributed by atoms with E-state index in [1.165, 1.54) is 32.5 Å². The Hall–Kier alpha value is -0.0800. The molecule has 84 valence electrons. The molecule has 0 aliphatic carbocycles. The van der Waals surface area contributed by atoms with Crippen LogP contribution in [0, 0.1) is 11.3 Å². The summed E-state index contributed by atoms with van der Waals surface area (Å²) in [6, 6.07) is 0.427. The third-order valence-corrected chi connectivity index (χ3v) is 3.66. The quantitative estimate of drug-likeness (QED) is 0.752. The Balaban J connectivity index is 2.40. The molecule has 2 nitrogen and oxygen atoms in total. The van der Waals surface area contributed by atoms with Crippen molar-refractivity contribution in [3.05, 3.63) is 0 Å². The van der Waals surface area contributed by atoms with Gasteiger partial charge in [0.05, 0.1) is 0 Å². The summed E-state index contributed by atoms with van der Waals surface area (Å²) in [7, 11) is 0. The van der Waals surface area contributed by atoms with Gasteiger partial charge < -0.3 is 10.6 Å². The number of hydrogen-bond acceptors (Lipinski definition) is 2. The predicted octanol–water partition coefficient (Wildman–Crippen LogP) is 2.09. The highest BCUT2D eigenvalue weighted by Crippen LogP contribution is 2.24. The van der Waals surface area contributed by atoms with Gasteiger partial charge in [-0.25, -0.2) is 0 Å². The van der Waals surface area contributed by atoms with E-state index >= 15 is 0 Å². The molecule has 0 aromatic carbocycles. The molecule has 0 amide bonds. The van der Waals surface area contributed by atoms with Gasteiger partial charge in [0.2, 0.25) is 0 Å². The van der Waals surface area contributed by atoms with Crippen LogP contribution in [0.4, 0.5) is 0 Å². The summed E-state index contributed by atoms with van der Waals surface area (Å²) in [6.07, 6.45) is 2.42. The van der Waals surface area contributed by atoms with Crippen LogP contribution in [0.15, 0.2) is 0 Å². The summed E-state index contributed by atoms with van der Waals surface area (Å²) >= 11 is 0. The number of nitrogens with zero attached hydrogens (tertiary/aromatic N) is 1. The molecule has 1 aliphatic heterocycles. The summed E-state index contributed by atoms with van der Waals surface area (Å²) in [5.41, 5.74) is 6.47. The number of rotatable bonds is 3. The highest BCUT2D eigenvalue weighted by atomic mass is 15.1. The first kappa shape index (κ1) is 12.0. The van der Waals surface area contributed by atoms with Crippen molar-refractivity contribution >= 4 is 0 Å². The molecule has 0 radical (unpaired) electrons. The van der Waals surface area contributed by atoms with Crippen LogP contribution in [0.1, 0.15) is 40.5 Å². The fourth-order valence-corrected chi connectivity index (χ4v) is 2.11. The van der Waals surface area contributed by atoms with Crippen molar-refractivity contribution in [2.24, 2.45) is 17.1 Å². The molecular weight excluding hydrogens is 172 g/mol. The van der Waals surface area contributed by atoms with Gasteiger partial charge in [0, 0.05) is 19.1 Å². The second-order valence-electron chi connectivity index (χ2n) is 5.68. The van der Waals surface area contributed by atoms with Crippen molar-refractivity contribution in [2.45, 2.75) is 46.6 Å². The number of likely N-dealkylation sites (tertiary alicyclic amines) is 1. The molecule has 2 N–H and O–H groups in total. The predicted molar refractivity (Wildman–Crippen MR) is 62.3 cm³/mol. The molecule has 14 heavy (non-hydrogen) atoms. The maximum atomic E-state index is 6.01. The van der Waals surface area contributed by atoms with Crippen molar-refractivity contribution in [1.82, 2.24) is 4.90 Å². The lowest BCUT2D eigenvalue weighted by Gasteiger charge is -2.39. The first-order chi connectivity index (χ1) is 6.44. The van der Waals surface area contributed by atoms with Crippen LogP contribution in [0.5, 0.6) is 0 Å². The van der Waals surface area contributed by atoms with E-state index in [0.29, 0.717) is 17.4 Å². The Morgan fingerprint density at radius 1 is 1.43 bits per heavy atom. The second-order valence-corrected chi connectivity index (χ2v) is 5.68. The van der Waals surface area contributed by atoms with E-state index in [2.05, 4.69) is 32.6 Å². The lowest BCUT2D eigenvalue weighted by molar-refractivity contribution is 0.112. The van der Waals surface area contributed by atoms with Gasteiger partial charge in [0.25, 0.3) is 0 Å². The van der Waals surface area contributed by atoms with Gasteiger partial charge in [-0.05, 0) is 30.7 Å².